The molecule has 2 heterocycles. The van der Waals surface area contributed by atoms with Crippen LogP contribution >= 0.6 is 23.2 Å². The molecule has 0 saturated carbocycles. The fourth-order valence-corrected chi connectivity index (χ4v) is 6.50. The van der Waals surface area contributed by atoms with Crippen LogP contribution in [-0.4, -0.2) is 67.5 Å². The summed E-state index contributed by atoms with van der Waals surface area (Å²) in [4.78, 5) is 26.3. The lowest BCUT2D eigenvalue weighted by molar-refractivity contribution is -0.124. The average Bonchev–Trinajstić information content (AvgIpc) is 3.66. The Bertz CT molecular complexity index is 1480. The smallest absolute Gasteiger partial charge is 0.407 e. The molecule has 5 rings (SSSR count). The largest absolute Gasteiger partial charge is 0.482 e. The molecule has 0 unspecified atom stereocenters. The molecule has 5 N–H and O–H groups in total. The van der Waals surface area contributed by atoms with Crippen molar-refractivity contribution in [3.8, 4) is 5.75 Å². The summed E-state index contributed by atoms with van der Waals surface area (Å²) in [6.45, 7) is 2.24. The van der Waals surface area contributed by atoms with E-state index in [0.717, 1.165) is 17.5 Å². The predicted octanol–water partition coefficient (Wildman–Crippen LogP) is 4.84. The van der Waals surface area contributed by atoms with Crippen molar-refractivity contribution in [3.05, 3.63) is 93.5 Å². The van der Waals surface area contributed by atoms with E-state index in [-0.39, 0.29) is 48.3 Å². The first-order valence-electron chi connectivity index (χ1n) is 15.3. The molecule has 2 aliphatic heterocycles. The molecule has 0 spiro atoms. The van der Waals surface area contributed by atoms with Crippen LogP contribution in [0, 0.1) is 12.8 Å². The highest BCUT2D eigenvalue weighted by molar-refractivity contribution is 6.40. The molecule has 2 aliphatic rings. The number of alkyl carbamates (subject to hydrolysis) is 1. The number of anilines is 1. The van der Waals surface area contributed by atoms with Crippen molar-refractivity contribution in [2.45, 2.75) is 63.2 Å². The Morgan fingerprint density at radius 1 is 1.02 bits per heavy atom. The topological polar surface area (TPSA) is 141 Å². The number of rotatable bonds is 13. The molecular formula is C34H39Cl2N3O7. The molecule has 246 valence electrons. The maximum absolute atomic E-state index is 13.2. The highest BCUT2D eigenvalue weighted by Gasteiger charge is 2.44. The van der Waals surface area contributed by atoms with Gasteiger partial charge >= 0.3 is 6.09 Å². The zero-order chi connectivity index (χ0) is 32.6. The van der Waals surface area contributed by atoms with Crippen LogP contribution < -0.4 is 21.1 Å². The van der Waals surface area contributed by atoms with Gasteiger partial charge in [-0.2, -0.15) is 0 Å². The van der Waals surface area contributed by atoms with Crippen LogP contribution in [0.1, 0.15) is 29.5 Å². The monoisotopic (exact) mass is 671 g/mol. The van der Waals surface area contributed by atoms with E-state index in [2.05, 4.69) is 10.6 Å². The van der Waals surface area contributed by atoms with E-state index < -0.39 is 36.3 Å². The standard InChI is InChI=1S/C34H39Cl2N3O7/c1-20-14-25(35)31(37)30(36)32(20)44-19-29(41)38-23(15-21-8-4-2-5-9-21)17-27(40)26(16-22-10-6-3-7-11-22)39-34(42)46-28-18-45-33-24(28)12-13-43-33/h2-11,14,23-24,26-28,33,40H,12-13,15-19,37H2,1H3,(H,38,41)(H,39,42)/t23-,24-,26-,27-,28-,33+/m0/s1. The zero-order valence-electron chi connectivity index (χ0n) is 25.5. The second-order valence-corrected chi connectivity index (χ2v) is 12.5. The first-order valence-corrected chi connectivity index (χ1v) is 16.1. The van der Waals surface area contributed by atoms with Crippen molar-refractivity contribution in [3.63, 3.8) is 0 Å². The van der Waals surface area contributed by atoms with Gasteiger partial charge in [-0.15, -0.1) is 0 Å². The minimum atomic E-state index is -1.04. The molecule has 0 bridgehead atoms. The Morgan fingerprint density at radius 3 is 2.39 bits per heavy atom. The first-order chi connectivity index (χ1) is 22.2. The summed E-state index contributed by atoms with van der Waals surface area (Å²) in [5, 5.41) is 17.9. The predicted molar refractivity (Wildman–Crippen MR) is 175 cm³/mol. The molecule has 12 heteroatoms. The summed E-state index contributed by atoms with van der Waals surface area (Å²) < 4.78 is 22.6. The number of nitrogens with two attached hydrogens (primary N) is 1. The van der Waals surface area contributed by atoms with Crippen LogP contribution in [0.25, 0.3) is 0 Å². The number of hydrogen-bond donors (Lipinski definition) is 4. The fraction of sp³-hybridized carbons (Fsp3) is 0.412. The Morgan fingerprint density at radius 2 is 1.70 bits per heavy atom. The van der Waals surface area contributed by atoms with Gasteiger partial charge in [0.15, 0.2) is 12.9 Å². The molecule has 10 nitrogen and oxygen atoms in total. The zero-order valence-corrected chi connectivity index (χ0v) is 27.0. The molecule has 2 saturated heterocycles. The van der Waals surface area contributed by atoms with Gasteiger partial charge in [-0.1, -0.05) is 83.9 Å². The Hall–Kier alpha value is -3.54. The van der Waals surface area contributed by atoms with Gasteiger partial charge in [0.1, 0.15) is 16.9 Å². The maximum Gasteiger partial charge on any atom is 0.407 e. The third-order valence-corrected chi connectivity index (χ3v) is 8.96. The summed E-state index contributed by atoms with van der Waals surface area (Å²) in [6.07, 6.45) is -0.810. The highest BCUT2D eigenvalue weighted by atomic mass is 35.5. The van der Waals surface area contributed by atoms with Gasteiger partial charge < -0.3 is 40.4 Å². The number of nitrogen functional groups attached to an aromatic ring is 1. The maximum atomic E-state index is 13.2. The minimum absolute atomic E-state index is 0.0149. The van der Waals surface area contributed by atoms with Gasteiger partial charge in [0.2, 0.25) is 0 Å². The molecular weight excluding hydrogens is 633 g/mol. The minimum Gasteiger partial charge on any atom is -0.482 e. The molecule has 3 aromatic rings. The second-order valence-electron chi connectivity index (χ2n) is 11.7. The number of amides is 2. The number of hydrogen-bond acceptors (Lipinski definition) is 8. The summed E-state index contributed by atoms with van der Waals surface area (Å²) >= 11 is 12.4. The van der Waals surface area contributed by atoms with E-state index in [1.54, 1.807) is 13.0 Å². The number of aryl methyl sites for hydroxylation is 1. The summed E-state index contributed by atoms with van der Waals surface area (Å²) in [5.41, 5.74) is 8.63. The van der Waals surface area contributed by atoms with Crippen molar-refractivity contribution in [2.24, 2.45) is 5.92 Å². The van der Waals surface area contributed by atoms with Crippen LogP contribution in [0.15, 0.2) is 66.7 Å². The number of nitrogens with one attached hydrogen (secondary N) is 2. The molecule has 0 aromatic heterocycles. The second kappa shape index (κ2) is 15.8. The Kier molecular flexibility index (Phi) is 11.6. The number of carbonyl (C=O) groups excluding carboxylic acids is 2. The van der Waals surface area contributed by atoms with E-state index in [1.165, 1.54) is 0 Å². The molecule has 2 amide bonds. The van der Waals surface area contributed by atoms with Crippen molar-refractivity contribution < 1.29 is 33.6 Å². The van der Waals surface area contributed by atoms with Gasteiger partial charge in [-0.25, -0.2) is 4.79 Å². The number of benzene rings is 3. The van der Waals surface area contributed by atoms with Gasteiger partial charge in [-0.05, 0) is 55.4 Å². The van der Waals surface area contributed by atoms with Crippen molar-refractivity contribution >= 4 is 40.9 Å². The fourth-order valence-electron chi connectivity index (χ4n) is 5.89. The van der Waals surface area contributed by atoms with E-state index in [0.29, 0.717) is 30.0 Å². The van der Waals surface area contributed by atoms with E-state index >= 15 is 0 Å². The molecule has 0 radical (unpaired) electrons. The quantitative estimate of drug-likeness (QED) is 0.189. The first kappa shape index (κ1) is 33.8. The van der Waals surface area contributed by atoms with Crippen molar-refractivity contribution in [2.75, 3.05) is 25.6 Å². The van der Waals surface area contributed by atoms with Crippen LogP contribution in [0.5, 0.6) is 5.75 Å². The van der Waals surface area contributed by atoms with Gasteiger partial charge in [0.25, 0.3) is 5.91 Å². The van der Waals surface area contributed by atoms with E-state index in [1.807, 2.05) is 60.7 Å². The van der Waals surface area contributed by atoms with Crippen molar-refractivity contribution in [1.29, 1.82) is 0 Å². The lowest BCUT2D eigenvalue weighted by atomic mass is 9.93. The molecule has 46 heavy (non-hydrogen) atoms. The lowest BCUT2D eigenvalue weighted by Gasteiger charge is -2.29. The van der Waals surface area contributed by atoms with Crippen LogP contribution in [0.4, 0.5) is 10.5 Å². The number of fused-ring (bicyclic) bond motifs is 1. The Balaban J connectivity index is 1.27. The molecule has 0 aliphatic carbocycles. The number of ether oxygens (including phenoxy) is 4. The number of aliphatic hydroxyl groups excluding tert-OH is 1. The number of halogens is 2. The normalized spacial score (nSPS) is 20.7. The third kappa shape index (κ3) is 8.83. The summed E-state index contributed by atoms with van der Waals surface area (Å²) in [6, 6.07) is 19.6. The summed E-state index contributed by atoms with van der Waals surface area (Å²) in [5.74, 6) is -0.162. The molecule has 6 atom stereocenters. The number of aliphatic hydroxyl groups is 1. The number of carbonyl (C=O) groups is 2. The SMILES string of the molecule is Cc1cc(Cl)c(N)c(Cl)c1OCC(=O)N[C@@H](Cc1ccccc1)C[C@H](O)[C@H](Cc1ccccc1)NC(=O)O[C@H]1CO[C@H]2OCC[C@H]21. The molecule has 3 aromatic carbocycles. The van der Waals surface area contributed by atoms with Gasteiger partial charge in [0.05, 0.1) is 42.0 Å². The lowest BCUT2D eigenvalue weighted by Crippen LogP contribution is -2.50. The van der Waals surface area contributed by atoms with Crippen LogP contribution in [0.2, 0.25) is 10.0 Å². The Labute approximate surface area is 278 Å². The van der Waals surface area contributed by atoms with Crippen LogP contribution in [-0.2, 0) is 31.8 Å². The third-order valence-electron chi connectivity index (χ3n) is 8.27. The van der Waals surface area contributed by atoms with Crippen molar-refractivity contribution in [1.82, 2.24) is 10.6 Å². The highest BCUT2D eigenvalue weighted by Crippen LogP contribution is 2.38. The molecule has 2 fully saturated rings. The average molecular weight is 673 g/mol. The summed E-state index contributed by atoms with van der Waals surface area (Å²) in [7, 11) is 0. The van der Waals surface area contributed by atoms with Gasteiger partial charge in [-0.3, -0.25) is 4.79 Å². The van der Waals surface area contributed by atoms with E-state index in [9.17, 15) is 14.7 Å². The van der Waals surface area contributed by atoms with Gasteiger partial charge in [0, 0.05) is 6.04 Å². The van der Waals surface area contributed by atoms with E-state index in [4.69, 9.17) is 47.9 Å². The van der Waals surface area contributed by atoms with Crippen LogP contribution in [0.3, 0.4) is 0 Å².